The van der Waals surface area contributed by atoms with Crippen LogP contribution in [0.2, 0.25) is 0 Å². The first-order valence-corrected chi connectivity index (χ1v) is 5.43. The molecule has 0 radical (unpaired) electrons. The SMILES string of the molecule is CCNc1cncc(-c2ccccc2C)n1. The second-order valence-corrected chi connectivity index (χ2v) is 3.63. The minimum Gasteiger partial charge on any atom is -0.369 e. The van der Waals surface area contributed by atoms with Gasteiger partial charge in [-0.25, -0.2) is 4.98 Å². The molecule has 1 aromatic carbocycles. The summed E-state index contributed by atoms with van der Waals surface area (Å²) >= 11 is 0. The third-order valence-corrected chi connectivity index (χ3v) is 2.41. The van der Waals surface area contributed by atoms with Crippen molar-refractivity contribution < 1.29 is 0 Å². The van der Waals surface area contributed by atoms with E-state index in [1.165, 1.54) is 5.56 Å². The van der Waals surface area contributed by atoms with Crippen molar-refractivity contribution >= 4 is 5.82 Å². The molecule has 0 spiro atoms. The summed E-state index contributed by atoms with van der Waals surface area (Å²) in [6, 6.07) is 8.19. The molecule has 0 bridgehead atoms. The Morgan fingerprint density at radius 1 is 1.19 bits per heavy atom. The monoisotopic (exact) mass is 213 g/mol. The van der Waals surface area contributed by atoms with Crippen LogP contribution in [-0.4, -0.2) is 16.5 Å². The molecule has 0 saturated carbocycles. The Balaban J connectivity index is 2.40. The van der Waals surface area contributed by atoms with Crippen LogP contribution in [0, 0.1) is 6.92 Å². The highest BCUT2D eigenvalue weighted by atomic mass is 15.0. The predicted octanol–water partition coefficient (Wildman–Crippen LogP) is 2.88. The lowest BCUT2D eigenvalue weighted by molar-refractivity contribution is 1.12. The van der Waals surface area contributed by atoms with Crippen LogP contribution < -0.4 is 5.32 Å². The molecule has 82 valence electrons. The van der Waals surface area contributed by atoms with Gasteiger partial charge in [0.05, 0.1) is 18.1 Å². The van der Waals surface area contributed by atoms with Crippen molar-refractivity contribution in [2.45, 2.75) is 13.8 Å². The first kappa shape index (κ1) is 10.6. The zero-order chi connectivity index (χ0) is 11.4. The summed E-state index contributed by atoms with van der Waals surface area (Å²) < 4.78 is 0. The average molecular weight is 213 g/mol. The third kappa shape index (κ3) is 2.19. The topological polar surface area (TPSA) is 37.8 Å². The second-order valence-electron chi connectivity index (χ2n) is 3.63. The maximum atomic E-state index is 4.52. The molecule has 2 aromatic rings. The fourth-order valence-electron chi connectivity index (χ4n) is 1.62. The molecule has 1 N–H and O–H groups in total. The molecule has 0 atom stereocenters. The van der Waals surface area contributed by atoms with E-state index in [0.717, 1.165) is 23.6 Å². The predicted molar refractivity (Wildman–Crippen MR) is 66.4 cm³/mol. The van der Waals surface area contributed by atoms with Crippen molar-refractivity contribution in [3.63, 3.8) is 0 Å². The number of anilines is 1. The van der Waals surface area contributed by atoms with Crippen LogP contribution in [0.3, 0.4) is 0 Å². The maximum Gasteiger partial charge on any atom is 0.145 e. The van der Waals surface area contributed by atoms with Gasteiger partial charge < -0.3 is 5.32 Å². The Morgan fingerprint density at radius 3 is 2.75 bits per heavy atom. The molecule has 1 aromatic heterocycles. The zero-order valence-corrected chi connectivity index (χ0v) is 9.57. The summed E-state index contributed by atoms with van der Waals surface area (Å²) in [7, 11) is 0. The van der Waals surface area contributed by atoms with Crippen LogP contribution in [0.5, 0.6) is 0 Å². The number of nitrogens with one attached hydrogen (secondary N) is 1. The fourth-order valence-corrected chi connectivity index (χ4v) is 1.62. The van der Waals surface area contributed by atoms with E-state index in [0.29, 0.717) is 0 Å². The molecule has 1 heterocycles. The third-order valence-electron chi connectivity index (χ3n) is 2.41. The van der Waals surface area contributed by atoms with Crippen molar-refractivity contribution in [3.8, 4) is 11.3 Å². The zero-order valence-electron chi connectivity index (χ0n) is 9.57. The van der Waals surface area contributed by atoms with Gasteiger partial charge in [-0.1, -0.05) is 24.3 Å². The Labute approximate surface area is 95.6 Å². The summed E-state index contributed by atoms with van der Waals surface area (Å²) in [5, 5.41) is 3.16. The van der Waals surface area contributed by atoms with E-state index < -0.39 is 0 Å². The second kappa shape index (κ2) is 4.75. The van der Waals surface area contributed by atoms with Gasteiger partial charge in [-0.3, -0.25) is 4.98 Å². The van der Waals surface area contributed by atoms with Crippen molar-refractivity contribution in [2.75, 3.05) is 11.9 Å². The van der Waals surface area contributed by atoms with E-state index in [-0.39, 0.29) is 0 Å². The molecule has 3 nitrogen and oxygen atoms in total. The molecular formula is C13H15N3. The molecule has 0 aliphatic rings. The van der Waals surface area contributed by atoms with Gasteiger partial charge in [-0.15, -0.1) is 0 Å². The van der Waals surface area contributed by atoms with Gasteiger partial charge in [0.2, 0.25) is 0 Å². The Bertz CT molecular complexity index is 480. The van der Waals surface area contributed by atoms with Gasteiger partial charge in [0, 0.05) is 12.1 Å². The Morgan fingerprint density at radius 2 is 2.00 bits per heavy atom. The molecule has 16 heavy (non-hydrogen) atoms. The molecule has 0 amide bonds. The quantitative estimate of drug-likeness (QED) is 0.851. The molecule has 0 fully saturated rings. The van der Waals surface area contributed by atoms with Crippen molar-refractivity contribution in [1.82, 2.24) is 9.97 Å². The molecule has 0 aliphatic heterocycles. The molecule has 0 saturated heterocycles. The van der Waals surface area contributed by atoms with E-state index >= 15 is 0 Å². The van der Waals surface area contributed by atoms with Gasteiger partial charge in [-0.05, 0) is 19.4 Å². The summed E-state index contributed by atoms with van der Waals surface area (Å²) in [5.41, 5.74) is 3.26. The van der Waals surface area contributed by atoms with Crippen LogP contribution in [0.15, 0.2) is 36.7 Å². The number of rotatable bonds is 3. The lowest BCUT2D eigenvalue weighted by Crippen LogP contribution is -2.00. The minimum atomic E-state index is 0.822. The number of nitrogens with zero attached hydrogens (tertiary/aromatic N) is 2. The highest BCUT2D eigenvalue weighted by Crippen LogP contribution is 2.21. The van der Waals surface area contributed by atoms with Gasteiger partial charge >= 0.3 is 0 Å². The molecule has 3 heteroatoms. The van der Waals surface area contributed by atoms with Gasteiger partial charge in [0.15, 0.2) is 0 Å². The lowest BCUT2D eigenvalue weighted by atomic mass is 10.1. The molecule has 0 aliphatic carbocycles. The standard InChI is InChI=1S/C13H15N3/c1-3-15-13-9-14-8-12(16-13)11-7-5-4-6-10(11)2/h4-9H,3H2,1-2H3,(H,15,16). The lowest BCUT2D eigenvalue weighted by Gasteiger charge is -2.06. The number of aryl methyl sites for hydroxylation is 1. The van der Waals surface area contributed by atoms with Crippen LogP contribution in [-0.2, 0) is 0 Å². The van der Waals surface area contributed by atoms with Crippen LogP contribution in [0.4, 0.5) is 5.82 Å². The van der Waals surface area contributed by atoms with E-state index in [1.807, 2.05) is 19.1 Å². The number of hydrogen-bond acceptors (Lipinski definition) is 3. The summed E-state index contributed by atoms with van der Waals surface area (Å²) in [5.74, 6) is 0.822. The first-order chi connectivity index (χ1) is 7.81. The summed E-state index contributed by atoms with van der Waals surface area (Å²) in [4.78, 5) is 8.72. The summed E-state index contributed by atoms with van der Waals surface area (Å²) in [6.45, 7) is 4.98. The van der Waals surface area contributed by atoms with Gasteiger partial charge in [-0.2, -0.15) is 0 Å². The largest absolute Gasteiger partial charge is 0.369 e. The van der Waals surface area contributed by atoms with E-state index in [9.17, 15) is 0 Å². The van der Waals surface area contributed by atoms with Crippen molar-refractivity contribution in [3.05, 3.63) is 42.2 Å². The Kier molecular flexibility index (Phi) is 3.15. The summed E-state index contributed by atoms with van der Waals surface area (Å²) in [6.07, 6.45) is 3.54. The number of hydrogen-bond donors (Lipinski definition) is 1. The van der Waals surface area contributed by atoms with Crippen LogP contribution in [0.1, 0.15) is 12.5 Å². The van der Waals surface area contributed by atoms with Crippen LogP contribution in [0.25, 0.3) is 11.3 Å². The highest BCUT2D eigenvalue weighted by molar-refractivity contribution is 5.63. The smallest absolute Gasteiger partial charge is 0.145 e. The van der Waals surface area contributed by atoms with Crippen LogP contribution >= 0.6 is 0 Å². The van der Waals surface area contributed by atoms with E-state index in [1.54, 1.807) is 12.4 Å². The fraction of sp³-hybridized carbons (Fsp3) is 0.231. The van der Waals surface area contributed by atoms with Crippen molar-refractivity contribution in [1.29, 1.82) is 0 Å². The first-order valence-electron chi connectivity index (χ1n) is 5.43. The highest BCUT2D eigenvalue weighted by Gasteiger charge is 2.03. The number of aromatic nitrogens is 2. The number of benzene rings is 1. The Hall–Kier alpha value is -1.90. The normalized spacial score (nSPS) is 10.1. The minimum absolute atomic E-state index is 0.822. The van der Waals surface area contributed by atoms with E-state index in [4.69, 9.17) is 0 Å². The molecule has 2 rings (SSSR count). The van der Waals surface area contributed by atoms with Crippen molar-refractivity contribution in [2.24, 2.45) is 0 Å². The molecular weight excluding hydrogens is 198 g/mol. The maximum absolute atomic E-state index is 4.52. The van der Waals surface area contributed by atoms with E-state index in [2.05, 4.69) is 34.3 Å². The van der Waals surface area contributed by atoms with Gasteiger partial charge in [0.25, 0.3) is 0 Å². The average Bonchev–Trinajstić information content (AvgIpc) is 2.30. The molecule has 0 unspecified atom stereocenters. The van der Waals surface area contributed by atoms with Gasteiger partial charge in [0.1, 0.15) is 5.82 Å².